The summed E-state index contributed by atoms with van der Waals surface area (Å²) in [5.74, 6) is 0.0155. The van der Waals surface area contributed by atoms with Crippen LogP contribution in [0.4, 0.5) is 0 Å². The van der Waals surface area contributed by atoms with Gasteiger partial charge in [-0.2, -0.15) is 4.31 Å². The molecule has 2 saturated heterocycles. The molecule has 1 aliphatic carbocycles. The first kappa shape index (κ1) is 19.9. The molecule has 1 amide bonds. The molecule has 0 radical (unpaired) electrons. The van der Waals surface area contributed by atoms with Crippen LogP contribution in [-0.2, 0) is 14.8 Å². The predicted molar refractivity (Wildman–Crippen MR) is 107 cm³/mol. The number of morpholine rings is 1. The molecule has 1 aromatic carbocycles. The maximum atomic E-state index is 13.2. The van der Waals surface area contributed by atoms with Crippen LogP contribution in [0.1, 0.15) is 50.4 Å². The maximum absolute atomic E-state index is 13.2. The number of rotatable bonds is 3. The zero-order valence-corrected chi connectivity index (χ0v) is 17.8. The van der Waals surface area contributed by atoms with Crippen LogP contribution in [-0.4, -0.2) is 62.4 Å². The molecule has 7 heteroatoms. The smallest absolute Gasteiger partial charge is 0.254 e. The van der Waals surface area contributed by atoms with Gasteiger partial charge in [-0.25, -0.2) is 8.42 Å². The molecule has 2 heterocycles. The molecular formula is C21H30N2O4S. The largest absolute Gasteiger partial charge is 0.379 e. The molecule has 2 bridgehead atoms. The number of ether oxygens (including phenoxy) is 1. The summed E-state index contributed by atoms with van der Waals surface area (Å²) in [7, 11) is -3.53. The lowest BCUT2D eigenvalue weighted by atomic mass is 9.65. The minimum absolute atomic E-state index is 0.0155. The quantitative estimate of drug-likeness (QED) is 0.774. The molecule has 3 aliphatic rings. The van der Waals surface area contributed by atoms with E-state index in [-0.39, 0.29) is 27.7 Å². The Kier molecular flexibility index (Phi) is 4.83. The van der Waals surface area contributed by atoms with Gasteiger partial charge < -0.3 is 9.64 Å². The third-order valence-corrected chi connectivity index (χ3v) is 8.30. The Morgan fingerprint density at radius 3 is 2.36 bits per heavy atom. The molecule has 4 rings (SSSR count). The Hall–Kier alpha value is -1.44. The lowest BCUT2D eigenvalue weighted by Gasteiger charge is -2.39. The van der Waals surface area contributed by atoms with Gasteiger partial charge in [-0.3, -0.25) is 4.79 Å². The molecule has 2 atom stereocenters. The van der Waals surface area contributed by atoms with E-state index in [0.29, 0.717) is 31.9 Å². The van der Waals surface area contributed by atoms with Crippen molar-refractivity contribution < 1.29 is 17.9 Å². The highest BCUT2D eigenvalue weighted by atomic mass is 32.2. The second-order valence-corrected chi connectivity index (χ2v) is 11.6. The number of sulfonamides is 1. The minimum atomic E-state index is -3.53. The monoisotopic (exact) mass is 406 g/mol. The summed E-state index contributed by atoms with van der Waals surface area (Å²) < 4.78 is 32.2. The van der Waals surface area contributed by atoms with Crippen molar-refractivity contribution in [3.63, 3.8) is 0 Å². The van der Waals surface area contributed by atoms with Crippen molar-refractivity contribution in [2.45, 2.75) is 51.0 Å². The van der Waals surface area contributed by atoms with Crippen molar-refractivity contribution in [2.75, 3.05) is 32.8 Å². The van der Waals surface area contributed by atoms with E-state index in [0.717, 1.165) is 25.8 Å². The average Bonchev–Trinajstić information content (AvgIpc) is 2.90. The Morgan fingerprint density at radius 1 is 1.07 bits per heavy atom. The number of fused-ring (bicyclic) bond motifs is 2. The Morgan fingerprint density at radius 2 is 1.71 bits per heavy atom. The zero-order chi connectivity index (χ0) is 20.2. The van der Waals surface area contributed by atoms with Gasteiger partial charge in [-0.1, -0.05) is 20.8 Å². The lowest BCUT2D eigenvalue weighted by molar-refractivity contribution is 0.0708. The van der Waals surface area contributed by atoms with Gasteiger partial charge in [-0.15, -0.1) is 0 Å². The Balaban J connectivity index is 1.52. The van der Waals surface area contributed by atoms with Crippen LogP contribution in [0.2, 0.25) is 0 Å². The molecule has 3 fully saturated rings. The molecule has 28 heavy (non-hydrogen) atoms. The summed E-state index contributed by atoms with van der Waals surface area (Å²) in [6.45, 7) is 9.22. The van der Waals surface area contributed by atoms with Gasteiger partial charge in [0.25, 0.3) is 5.91 Å². The number of hydrogen-bond acceptors (Lipinski definition) is 4. The van der Waals surface area contributed by atoms with Crippen molar-refractivity contribution in [3.05, 3.63) is 29.8 Å². The molecule has 0 spiro atoms. The van der Waals surface area contributed by atoms with Gasteiger partial charge >= 0.3 is 0 Å². The van der Waals surface area contributed by atoms with Gasteiger partial charge in [0.1, 0.15) is 0 Å². The number of likely N-dealkylation sites (tertiary alicyclic amines) is 1. The average molecular weight is 407 g/mol. The van der Waals surface area contributed by atoms with Gasteiger partial charge in [-0.05, 0) is 54.4 Å². The van der Waals surface area contributed by atoms with Crippen molar-refractivity contribution in [3.8, 4) is 0 Å². The number of amides is 1. The number of carbonyl (C=O) groups excluding carboxylic acids is 1. The number of hydrogen-bond donors (Lipinski definition) is 0. The topological polar surface area (TPSA) is 66.9 Å². The van der Waals surface area contributed by atoms with Crippen LogP contribution in [0.3, 0.4) is 0 Å². The molecule has 1 saturated carbocycles. The molecule has 0 N–H and O–H groups in total. The summed E-state index contributed by atoms with van der Waals surface area (Å²) in [6.07, 6.45) is 3.22. The maximum Gasteiger partial charge on any atom is 0.254 e. The van der Waals surface area contributed by atoms with Crippen molar-refractivity contribution >= 4 is 15.9 Å². The normalized spacial score (nSPS) is 30.4. The summed E-state index contributed by atoms with van der Waals surface area (Å²) in [6, 6.07) is 6.72. The summed E-state index contributed by atoms with van der Waals surface area (Å²) in [4.78, 5) is 15.4. The van der Waals surface area contributed by atoms with Crippen molar-refractivity contribution in [1.82, 2.24) is 9.21 Å². The highest BCUT2D eigenvalue weighted by Gasteiger charge is 2.51. The number of nitrogens with zero attached hydrogens (tertiary/aromatic N) is 2. The summed E-state index contributed by atoms with van der Waals surface area (Å²) in [5.41, 5.74) is 1.000. The molecule has 0 aromatic heterocycles. The lowest BCUT2D eigenvalue weighted by Crippen LogP contribution is -2.40. The van der Waals surface area contributed by atoms with Gasteiger partial charge in [0, 0.05) is 31.2 Å². The minimum Gasteiger partial charge on any atom is -0.379 e. The van der Waals surface area contributed by atoms with Gasteiger partial charge in [0.05, 0.1) is 18.1 Å². The van der Waals surface area contributed by atoms with E-state index in [9.17, 15) is 13.2 Å². The SMILES string of the molecule is CC1(C)C[C@@H]2C[C@@](C)(CN2C(=O)c2ccc(S(=O)(=O)N3CCOCC3)cc2)C1. The van der Waals surface area contributed by atoms with Crippen LogP contribution >= 0.6 is 0 Å². The zero-order valence-electron chi connectivity index (χ0n) is 17.0. The van der Waals surface area contributed by atoms with E-state index in [1.54, 1.807) is 24.3 Å². The van der Waals surface area contributed by atoms with Crippen LogP contribution in [0, 0.1) is 10.8 Å². The fourth-order valence-electron chi connectivity index (χ4n) is 5.57. The Bertz CT molecular complexity index is 859. The van der Waals surface area contributed by atoms with Crippen LogP contribution in [0.5, 0.6) is 0 Å². The van der Waals surface area contributed by atoms with Gasteiger partial charge in [0.2, 0.25) is 10.0 Å². The third-order valence-electron chi connectivity index (χ3n) is 6.38. The number of benzene rings is 1. The standard InChI is InChI=1S/C21H30N2O4S/c1-20(2)12-17-13-21(3,14-20)15-23(17)19(24)16-4-6-18(7-5-16)28(25,26)22-8-10-27-11-9-22/h4-7,17H,8-15H2,1-3H3/t17-,21-/m1/s1. The van der Waals surface area contributed by atoms with Crippen molar-refractivity contribution in [1.29, 1.82) is 0 Å². The van der Waals surface area contributed by atoms with E-state index in [1.807, 2.05) is 4.90 Å². The van der Waals surface area contributed by atoms with E-state index in [4.69, 9.17) is 4.74 Å². The number of carbonyl (C=O) groups is 1. The van der Waals surface area contributed by atoms with E-state index < -0.39 is 10.0 Å². The molecule has 6 nitrogen and oxygen atoms in total. The van der Waals surface area contributed by atoms with E-state index in [2.05, 4.69) is 20.8 Å². The van der Waals surface area contributed by atoms with Gasteiger partial charge in [0.15, 0.2) is 0 Å². The fraction of sp³-hybridized carbons (Fsp3) is 0.667. The fourth-order valence-corrected chi connectivity index (χ4v) is 6.98. The van der Waals surface area contributed by atoms with Crippen LogP contribution < -0.4 is 0 Å². The first-order valence-electron chi connectivity index (χ1n) is 10.1. The first-order valence-corrected chi connectivity index (χ1v) is 11.5. The van der Waals surface area contributed by atoms with Crippen LogP contribution in [0.15, 0.2) is 29.2 Å². The molecule has 154 valence electrons. The molecule has 1 aromatic rings. The second-order valence-electron chi connectivity index (χ2n) is 9.69. The van der Waals surface area contributed by atoms with Crippen LogP contribution in [0.25, 0.3) is 0 Å². The summed E-state index contributed by atoms with van der Waals surface area (Å²) >= 11 is 0. The Labute approximate surface area is 167 Å². The predicted octanol–water partition coefficient (Wildman–Crippen LogP) is 2.75. The second kappa shape index (κ2) is 6.82. The van der Waals surface area contributed by atoms with E-state index in [1.165, 1.54) is 4.31 Å². The molecule has 2 aliphatic heterocycles. The molecular weight excluding hydrogens is 376 g/mol. The highest BCUT2D eigenvalue weighted by molar-refractivity contribution is 7.89. The van der Waals surface area contributed by atoms with Crippen molar-refractivity contribution in [2.24, 2.45) is 10.8 Å². The third kappa shape index (κ3) is 3.60. The molecule has 0 unspecified atom stereocenters. The summed E-state index contributed by atoms with van der Waals surface area (Å²) in [5, 5.41) is 0. The first-order chi connectivity index (χ1) is 13.1. The highest BCUT2D eigenvalue weighted by Crippen LogP contribution is 2.52. The van der Waals surface area contributed by atoms with E-state index >= 15 is 0 Å².